The predicted octanol–water partition coefficient (Wildman–Crippen LogP) is 2.47. The maximum Gasteiger partial charge on any atom is 0.274 e. The van der Waals surface area contributed by atoms with Crippen molar-refractivity contribution in [2.75, 3.05) is 26.2 Å². The molecule has 0 aliphatic carbocycles. The Morgan fingerprint density at radius 1 is 1.31 bits per heavy atom. The van der Waals surface area contributed by atoms with E-state index in [1.54, 1.807) is 10.7 Å². The number of thiophene rings is 1. The minimum atomic E-state index is -0.165. The van der Waals surface area contributed by atoms with Crippen LogP contribution in [-0.4, -0.2) is 57.8 Å². The molecule has 3 aromatic rings. The predicted molar refractivity (Wildman–Crippen MR) is 112 cm³/mol. The molecule has 3 heterocycles. The molecule has 152 valence electrons. The Kier molecular flexibility index (Phi) is 5.64. The van der Waals surface area contributed by atoms with Crippen molar-refractivity contribution in [1.82, 2.24) is 20.0 Å². The van der Waals surface area contributed by atoms with Gasteiger partial charge in [-0.2, -0.15) is 5.10 Å². The van der Waals surface area contributed by atoms with E-state index in [0.717, 1.165) is 28.6 Å². The van der Waals surface area contributed by atoms with Crippen LogP contribution < -0.4 is 5.32 Å². The summed E-state index contributed by atoms with van der Waals surface area (Å²) in [5.41, 5.74) is 1.47. The lowest BCUT2D eigenvalue weighted by Gasteiger charge is -2.16. The number of hydrogen-bond donors (Lipinski definition) is 2. The van der Waals surface area contributed by atoms with Gasteiger partial charge >= 0.3 is 0 Å². The molecule has 1 aliphatic rings. The first-order chi connectivity index (χ1) is 14.1. The summed E-state index contributed by atoms with van der Waals surface area (Å²) in [6.45, 7) is 4.05. The summed E-state index contributed by atoms with van der Waals surface area (Å²) in [5.74, 6) is -0.134. The van der Waals surface area contributed by atoms with Crippen LogP contribution in [0.2, 0.25) is 0 Å². The van der Waals surface area contributed by atoms with Gasteiger partial charge in [-0.1, -0.05) is 18.2 Å². The lowest BCUT2D eigenvalue weighted by atomic mass is 9.95. The molecular weight excluding hydrogens is 388 g/mol. The van der Waals surface area contributed by atoms with Crippen LogP contribution in [0.15, 0.2) is 36.5 Å². The van der Waals surface area contributed by atoms with Gasteiger partial charge in [-0.25, -0.2) is 0 Å². The van der Waals surface area contributed by atoms with Gasteiger partial charge in [0.2, 0.25) is 0 Å². The Morgan fingerprint density at radius 2 is 2.14 bits per heavy atom. The Balaban J connectivity index is 1.61. The first-order valence-electron chi connectivity index (χ1n) is 9.85. The van der Waals surface area contributed by atoms with Crippen molar-refractivity contribution >= 4 is 33.2 Å². The van der Waals surface area contributed by atoms with E-state index >= 15 is 0 Å². The van der Waals surface area contributed by atoms with E-state index in [1.165, 1.54) is 11.3 Å². The summed E-state index contributed by atoms with van der Waals surface area (Å²) >= 11 is 1.47. The molecule has 4 rings (SSSR count). The van der Waals surface area contributed by atoms with Crippen LogP contribution in [0, 0.1) is 0 Å². The van der Waals surface area contributed by atoms with E-state index < -0.39 is 0 Å². The van der Waals surface area contributed by atoms with Crippen LogP contribution in [0.1, 0.15) is 45.0 Å². The first-order valence-corrected chi connectivity index (χ1v) is 10.7. The van der Waals surface area contributed by atoms with Crippen LogP contribution in [0.5, 0.6) is 0 Å². The van der Waals surface area contributed by atoms with Crippen molar-refractivity contribution in [3.63, 3.8) is 0 Å². The summed E-state index contributed by atoms with van der Waals surface area (Å²) < 4.78 is 2.81. The Morgan fingerprint density at radius 3 is 2.90 bits per heavy atom. The fourth-order valence-electron chi connectivity index (χ4n) is 3.88. The van der Waals surface area contributed by atoms with Crippen LogP contribution in [0.3, 0.4) is 0 Å². The van der Waals surface area contributed by atoms with Crippen molar-refractivity contribution in [2.45, 2.75) is 25.8 Å². The topological polar surface area (TPSA) is 87.5 Å². The van der Waals surface area contributed by atoms with Gasteiger partial charge < -0.3 is 15.3 Å². The molecule has 2 N–H and O–H groups in total. The van der Waals surface area contributed by atoms with Gasteiger partial charge in [0.1, 0.15) is 5.69 Å². The molecule has 8 heteroatoms. The zero-order chi connectivity index (χ0) is 20.4. The van der Waals surface area contributed by atoms with E-state index in [0.29, 0.717) is 23.7 Å². The molecule has 2 amide bonds. The number of likely N-dealkylation sites (tertiary alicyclic amines) is 1. The van der Waals surface area contributed by atoms with Crippen LogP contribution >= 0.6 is 11.3 Å². The highest BCUT2D eigenvalue weighted by Crippen LogP contribution is 2.40. The fourth-order valence-corrected chi connectivity index (χ4v) is 5.09. The van der Waals surface area contributed by atoms with E-state index in [-0.39, 0.29) is 30.9 Å². The highest BCUT2D eigenvalue weighted by molar-refractivity contribution is 7.21. The summed E-state index contributed by atoms with van der Waals surface area (Å²) in [7, 11) is 0. The molecule has 29 heavy (non-hydrogen) atoms. The Bertz CT molecular complexity index is 1040. The monoisotopic (exact) mass is 412 g/mol. The standard InChI is InChI=1S/C21H24N4O3S/c1-2-25-11-8-16(23-25)21(28)24-10-7-14(13-24)18-15-5-3-4-6-17(15)29-19(18)20(27)22-9-12-26/h3-6,8,11,14,26H,2,7,9-10,12-13H2,1H3,(H,22,27)/t14-/m0/s1. The zero-order valence-corrected chi connectivity index (χ0v) is 17.1. The minimum Gasteiger partial charge on any atom is -0.395 e. The largest absolute Gasteiger partial charge is 0.395 e. The smallest absolute Gasteiger partial charge is 0.274 e. The average molecular weight is 413 g/mol. The molecule has 1 atom stereocenters. The van der Waals surface area contributed by atoms with Gasteiger partial charge in [0.15, 0.2) is 0 Å². The Labute approximate surface area is 172 Å². The number of hydrogen-bond acceptors (Lipinski definition) is 5. The summed E-state index contributed by atoms with van der Waals surface area (Å²) in [5, 5.41) is 17.2. The van der Waals surface area contributed by atoms with E-state index in [9.17, 15) is 9.59 Å². The van der Waals surface area contributed by atoms with Gasteiger partial charge in [-0.3, -0.25) is 14.3 Å². The highest BCUT2D eigenvalue weighted by atomic mass is 32.1. The minimum absolute atomic E-state index is 0.0643. The molecule has 2 aromatic heterocycles. The normalized spacial score (nSPS) is 16.5. The molecule has 7 nitrogen and oxygen atoms in total. The van der Waals surface area contributed by atoms with Crippen molar-refractivity contribution in [3.05, 3.63) is 52.7 Å². The van der Waals surface area contributed by atoms with Crippen molar-refractivity contribution in [3.8, 4) is 0 Å². The number of carbonyl (C=O) groups is 2. The third kappa shape index (κ3) is 3.77. The number of amides is 2. The van der Waals surface area contributed by atoms with Gasteiger partial charge in [0.25, 0.3) is 11.8 Å². The third-order valence-electron chi connectivity index (χ3n) is 5.30. The molecule has 0 saturated carbocycles. The van der Waals surface area contributed by atoms with E-state index in [1.807, 2.05) is 42.3 Å². The first kappa shape index (κ1) is 19.6. The molecule has 0 radical (unpaired) electrons. The number of aryl methyl sites for hydroxylation is 1. The molecule has 1 fully saturated rings. The number of nitrogens with one attached hydrogen (secondary N) is 1. The van der Waals surface area contributed by atoms with Crippen molar-refractivity contribution in [2.24, 2.45) is 0 Å². The van der Waals surface area contributed by atoms with Crippen LogP contribution in [-0.2, 0) is 6.54 Å². The molecule has 1 saturated heterocycles. The number of carbonyl (C=O) groups excluding carboxylic acids is 2. The highest BCUT2D eigenvalue weighted by Gasteiger charge is 2.33. The average Bonchev–Trinajstić information content (AvgIpc) is 3.48. The SMILES string of the molecule is CCn1ccc(C(=O)N2CC[C@H](c3c(C(=O)NCCO)sc4ccccc34)C2)n1. The van der Waals surface area contributed by atoms with Crippen molar-refractivity contribution < 1.29 is 14.7 Å². The number of benzene rings is 1. The quantitative estimate of drug-likeness (QED) is 0.651. The van der Waals surface area contributed by atoms with E-state index in [2.05, 4.69) is 10.4 Å². The zero-order valence-electron chi connectivity index (χ0n) is 16.3. The maximum absolute atomic E-state index is 12.9. The summed E-state index contributed by atoms with van der Waals surface area (Å²) in [6, 6.07) is 9.75. The lowest BCUT2D eigenvalue weighted by Crippen LogP contribution is -2.29. The molecule has 1 aliphatic heterocycles. The number of fused-ring (bicyclic) bond motifs is 1. The maximum atomic E-state index is 12.9. The third-order valence-corrected chi connectivity index (χ3v) is 6.49. The number of nitrogens with zero attached hydrogens (tertiary/aromatic N) is 3. The van der Waals surface area contributed by atoms with Crippen LogP contribution in [0.25, 0.3) is 10.1 Å². The molecule has 1 aromatic carbocycles. The van der Waals surface area contributed by atoms with Gasteiger partial charge in [-0.15, -0.1) is 11.3 Å². The Hall–Kier alpha value is -2.71. The molecule has 0 unspecified atom stereocenters. The number of aliphatic hydroxyl groups excluding tert-OH is 1. The second-order valence-electron chi connectivity index (χ2n) is 7.11. The second kappa shape index (κ2) is 8.34. The summed E-state index contributed by atoms with van der Waals surface area (Å²) in [6.07, 6.45) is 2.62. The van der Waals surface area contributed by atoms with Crippen LogP contribution in [0.4, 0.5) is 0 Å². The lowest BCUT2D eigenvalue weighted by molar-refractivity contribution is 0.0784. The van der Waals surface area contributed by atoms with Gasteiger partial charge in [0, 0.05) is 43.0 Å². The van der Waals surface area contributed by atoms with Gasteiger partial charge in [-0.05, 0) is 36.4 Å². The fraction of sp³-hybridized carbons (Fsp3) is 0.381. The molecular formula is C21H24N4O3S. The molecule has 0 bridgehead atoms. The number of aromatic nitrogens is 2. The van der Waals surface area contributed by atoms with Gasteiger partial charge in [0.05, 0.1) is 11.5 Å². The van der Waals surface area contributed by atoms with E-state index in [4.69, 9.17) is 5.11 Å². The number of rotatable bonds is 6. The second-order valence-corrected chi connectivity index (χ2v) is 8.17. The molecule has 0 spiro atoms. The summed E-state index contributed by atoms with van der Waals surface area (Å²) in [4.78, 5) is 28.1. The number of aliphatic hydroxyl groups is 1. The van der Waals surface area contributed by atoms with Crippen molar-refractivity contribution in [1.29, 1.82) is 0 Å².